The minimum absolute atomic E-state index is 0.0639. The molecule has 0 aromatic carbocycles. The molecule has 86 valence electrons. The molecule has 14 heavy (non-hydrogen) atoms. The van der Waals surface area contributed by atoms with E-state index in [1.807, 2.05) is 11.8 Å². The quantitative estimate of drug-likeness (QED) is 0.584. The lowest BCUT2D eigenvalue weighted by molar-refractivity contribution is 0.165. The SMILES string of the molecule is CCNC(C)(CO)CCCCSCC. The lowest BCUT2D eigenvalue weighted by Crippen LogP contribution is -2.45. The largest absolute Gasteiger partial charge is 0.394 e. The number of thioether (sulfide) groups is 1. The van der Waals surface area contributed by atoms with Gasteiger partial charge in [0.2, 0.25) is 0 Å². The van der Waals surface area contributed by atoms with Crippen LogP contribution in [0.3, 0.4) is 0 Å². The van der Waals surface area contributed by atoms with Crippen LogP contribution in [0.2, 0.25) is 0 Å². The van der Waals surface area contributed by atoms with E-state index in [-0.39, 0.29) is 12.1 Å². The Morgan fingerprint density at radius 2 is 2.00 bits per heavy atom. The fourth-order valence-electron chi connectivity index (χ4n) is 1.51. The summed E-state index contributed by atoms with van der Waals surface area (Å²) < 4.78 is 0. The van der Waals surface area contributed by atoms with Crippen molar-refractivity contribution < 1.29 is 5.11 Å². The molecular formula is C11H25NOS. The van der Waals surface area contributed by atoms with E-state index in [4.69, 9.17) is 0 Å². The number of nitrogens with one attached hydrogen (secondary N) is 1. The number of unbranched alkanes of at least 4 members (excludes halogenated alkanes) is 1. The van der Waals surface area contributed by atoms with Gasteiger partial charge < -0.3 is 10.4 Å². The Bertz CT molecular complexity index is 132. The van der Waals surface area contributed by atoms with E-state index >= 15 is 0 Å². The Morgan fingerprint density at radius 3 is 2.50 bits per heavy atom. The lowest BCUT2D eigenvalue weighted by Gasteiger charge is -2.28. The predicted molar refractivity (Wildman–Crippen MR) is 66.0 cm³/mol. The average molecular weight is 219 g/mol. The lowest BCUT2D eigenvalue weighted by atomic mass is 9.96. The van der Waals surface area contributed by atoms with Crippen LogP contribution in [0.1, 0.15) is 40.0 Å². The first-order chi connectivity index (χ1) is 6.68. The fourth-order valence-corrected chi connectivity index (χ4v) is 2.21. The van der Waals surface area contributed by atoms with E-state index in [1.54, 1.807) is 0 Å². The molecule has 0 aromatic heterocycles. The number of hydrogen-bond acceptors (Lipinski definition) is 3. The normalized spacial score (nSPS) is 15.4. The maximum Gasteiger partial charge on any atom is 0.0610 e. The van der Waals surface area contributed by atoms with Crippen molar-refractivity contribution in [3.05, 3.63) is 0 Å². The van der Waals surface area contributed by atoms with Gasteiger partial charge in [-0.05, 0) is 37.8 Å². The molecule has 0 saturated heterocycles. The van der Waals surface area contributed by atoms with Crippen LogP contribution in [-0.2, 0) is 0 Å². The van der Waals surface area contributed by atoms with Gasteiger partial charge in [-0.2, -0.15) is 11.8 Å². The van der Waals surface area contributed by atoms with Crippen molar-refractivity contribution >= 4 is 11.8 Å². The molecule has 0 rings (SSSR count). The second-order valence-corrected chi connectivity index (χ2v) is 5.30. The fraction of sp³-hybridized carbons (Fsp3) is 1.00. The molecule has 0 aliphatic rings. The van der Waals surface area contributed by atoms with Gasteiger partial charge in [0.05, 0.1) is 6.61 Å². The third-order valence-corrected chi connectivity index (χ3v) is 3.41. The van der Waals surface area contributed by atoms with Gasteiger partial charge in [-0.25, -0.2) is 0 Å². The van der Waals surface area contributed by atoms with Crippen LogP contribution in [0.4, 0.5) is 0 Å². The van der Waals surface area contributed by atoms with E-state index < -0.39 is 0 Å². The van der Waals surface area contributed by atoms with E-state index in [9.17, 15) is 5.11 Å². The third-order valence-electron chi connectivity index (χ3n) is 2.42. The number of aliphatic hydroxyl groups excluding tert-OH is 1. The van der Waals surface area contributed by atoms with Crippen LogP contribution in [-0.4, -0.2) is 35.3 Å². The maximum absolute atomic E-state index is 9.25. The highest BCUT2D eigenvalue weighted by Gasteiger charge is 2.20. The molecule has 0 aliphatic heterocycles. The topological polar surface area (TPSA) is 32.3 Å². The molecule has 3 heteroatoms. The summed E-state index contributed by atoms with van der Waals surface area (Å²) >= 11 is 2.00. The zero-order chi connectivity index (χ0) is 10.9. The summed E-state index contributed by atoms with van der Waals surface area (Å²) in [6.45, 7) is 7.55. The Hall–Kier alpha value is 0.270. The molecule has 0 spiro atoms. The highest BCUT2D eigenvalue weighted by molar-refractivity contribution is 7.99. The van der Waals surface area contributed by atoms with Crippen molar-refractivity contribution in [2.45, 2.75) is 45.6 Å². The molecule has 2 nitrogen and oxygen atoms in total. The summed E-state index contributed by atoms with van der Waals surface area (Å²) in [7, 11) is 0. The maximum atomic E-state index is 9.25. The summed E-state index contributed by atoms with van der Waals surface area (Å²) in [5.41, 5.74) is -0.0639. The Labute approximate surface area is 92.9 Å². The molecule has 1 atom stereocenters. The summed E-state index contributed by atoms with van der Waals surface area (Å²) in [5.74, 6) is 2.47. The number of hydrogen-bond donors (Lipinski definition) is 2. The highest BCUT2D eigenvalue weighted by Crippen LogP contribution is 2.14. The average Bonchev–Trinajstić information content (AvgIpc) is 2.18. The van der Waals surface area contributed by atoms with Crippen LogP contribution < -0.4 is 5.32 Å². The molecule has 0 saturated carbocycles. The van der Waals surface area contributed by atoms with Crippen LogP contribution >= 0.6 is 11.8 Å². The first-order valence-electron chi connectivity index (χ1n) is 5.62. The Balaban J connectivity index is 3.51. The van der Waals surface area contributed by atoms with Crippen molar-refractivity contribution in [3.8, 4) is 0 Å². The molecule has 0 aliphatic carbocycles. The standard InChI is InChI=1S/C11H25NOS/c1-4-12-11(3,10-13)8-6-7-9-14-5-2/h12-13H,4-10H2,1-3H3. The monoisotopic (exact) mass is 219 g/mol. The van der Waals surface area contributed by atoms with Gasteiger partial charge in [0.1, 0.15) is 0 Å². The van der Waals surface area contributed by atoms with Gasteiger partial charge >= 0.3 is 0 Å². The van der Waals surface area contributed by atoms with Crippen LogP contribution in [0, 0.1) is 0 Å². The summed E-state index contributed by atoms with van der Waals surface area (Å²) in [6, 6.07) is 0. The Kier molecular flexibility index (Phi) is 8.73. The zero-order valence-electron chi connectivity index (χ0n) is 9.81. The minimum Gasteiger partial charge on any atom is -0.394 e. The van der Waals surface area contributed by atoms with Gasteiger partial charge in [-0.1, -0.05) is 20.3 Å². The van der Waals surface area contributed by atoms with Crippen molar-refractivity contribution in [2.24, 2.45) is 0 Å². The van der Waals surface area contributed by atoms with Crippen molar-refractivity contribution in [1.82, 2.24) is 5.32 Å². The summed E-state index contributed by atoms with van der Waals surface area (Å²) in [6.07, 6.45) is 3.54. The van der Waals surface area contributed by atoms with Crippen molar-refractivity contribution in [2.75, 3.05) is 24.7 Å². The molecule has 0 radical (unpaired) electrons. The van der Waals surface area contributed by atoms with Crippen LogP contribution in [0.5, 0.6) is 0 Å². The Morgan fingerprint density at radius 1 is 1.29 bits per heavy atom. The molecular weight excluding hydrogens is 194 g/mol. The van der Waals surface area contributed by atoms with Gasteiger partial charge in [-0.15, -0.1) is 0 Å². The smallest absolute Gasteiger partial charge is 0.0610 e. The van der Waals surface area contributed by atoms with E-state index in [0.29, 0.717) is 0 Å². The van der Waals surface area contributed by atoms with Crippen molar-refractivity contribution in [3.63, 3.8) is 0 Å². The molecule has 2 N–H and O–H groups in total. The minimum atomic E-state index is -0.0639. The van der Waals surface area contributed by atoms with Gasteiger partial charge in [0.25, 0.3) is 0 Å². The number of aliphatic hydroxyl groups is 1. The predicted octanol–water partition coefficient (Wildman–Crippen LogP) is 2.27. The van der Waals surface area contributed by atoms with E-state index in [1.165, 1.54) is 24.3 Å². The summed E-state index contributed by atoms with van der Waals surface area (Å²) in [4.78, 5) is 0. The molecule has 0 bridgehead atoms. The van der Waals surface area contributed by atoms with E-state index in [2.05, 4.69) is 26.1 Å². The van der Waals surface area contributed by atoms with Crippen LogP contribution in [0.15, 0.2) is 0 Å². The zero-order valence-corrected chi connectivity index (χ0v) is 10.6. The number of likely N-dealkylation sites (N-methyl/N-ethyl adjacent to an activating group) is 1. The number of rotatable bonds is 9. The van der Waals surface area contributed by atoms with Crippen molar-refractivity contribution in [1.29, 1.82) is 0 Å². The second-order valence-electron chi connectivity index (χ2n) is 3.90. The molecule has 0 fully saturated rings. The first-order valence-corrected chi connectivity index (χ1v) is 6.77. The molecule has 0 amide bonds. The third kappa shape index (κ3) is 6.68. The molecule has 0 heterocycles. The van der Waals surface area contributed by atoms with E-state index in [0.717, 1.165) is 13.0 Å². The van der Waals surface area contributed by atoms with Gasteiger partial charge in [0.15, 0.2) is 0 Å². The van der Waals surface area contributed by atoms with Gasteiger partial charge in [-0.3, -0.25) is 0 Å². The second kappa shape index (κ2) is 8.57. The molecule has 0 aromatic rings. The highest BCUT2D eigenvalue weighted by atomic mass is 32.2. The molecule has 1 unspecified atom stereocenters. The first kappa shape index (κ1) is 14.3. The summed E-state index contributed by atoms with van der Waals surface area (Å²) in [5, 5.41) is 12.6. The van der Waals surface area contributed by atoms with Crippen LogP contribution in [0.25, 0.3) is 0 Å². The van der Waals surface area contributed by atoms with Gasteiger partial charge in [0, 0.05) is 5.54 Å².